The molecule has 1 N–H and O–H groups in total. The molecule has 0 aliphatic rings. The highest BCUT2D eigenvalue weighted by molar-refractivity contribution is 5.20. The molecule has 15 heavy (non-hydrogen) atoms. The molecule has 0 spiro atoms. The number of hydrogen-bond acceptors (Lipinski definition) is 2. The van der Waals surface area contributed by atoms with Crippen molar-refractivity contribution in [1.82, 2.24) is 0 Å². The van der Waals surface area contributed by atoms with Gasteiger partial charge < -0.3 is 9.84 Å². The maximum atomic E-state index is 13.3. The second kappa shape index (κ2) is 5.83. The molecule has 1 aromatic carbocycles. The molecule has 0 saturated carbocycles. The van der Waals surface area contributed by atoms with Gasteiger partial charge in [0.15, 0.2) is 0 Å². The summed E-state index contributed by atoms with van der Waals surface area (Å²) in [6, 6.07) is 6.32. The van der Waals surface area contributed by atoms with Crippen LogP contribution < -0.4 is 0 Å². The smallest absolute Gasteiger partial charge is 0.129 e. The van der Waals surface area contributed by atoms with Crippen molar-refractivity contribution in [3.63, 3.8) is 0 Å². The van der Waals surface area contributed by atoms with E-state index in [-0.39, 0.29) is 11.7 Å². The fourth-order valence-corrected chi connectivity index (χ4v) is 1.48. The quantitative estimate of drug-likeness (QED) is 0.812. The van der Waals surface area contributed by atoms with Gasteiger partial charge in [-0.05, 0) is 18.4 Å². The number of benzene rings is 1. The summed E-state index contributed by atoms with van der Waals surface area (Å²) in [5.41, 5.74) is 0.362. The van der Waals surface area contributed by atoms with Crippen molar-refractivity contribution >= 4 is 0 Å². The predicted octanol–water partition coefficient (Wildman–Crippen LogP) is 2.53. The van der Waals surface area contributed by atoms with Gasteiger partial charge in [-0.25, -0.2) is 4.39 Å². The van der Waals surface area contributed by atoms with Crippen LogP contribution >= 0.6 is 0 Å². The minimum Gasteiger partial charge on any atom is -0.388 e. The van der Waals surface area contributed by atoms with Gasteiger partial charge >= 0.3 is 0 Å². The molecule has 0 aliphatic carbocycles. The van der Waals surface area contributed by atoms with Gasteiger partial charge in [-0.1, -0.05) is 25.1 Å². The first-order valence-corrected chi connectivity index (χ1v) is 5.08. The molecular formula is C12H17FO2. The molecule has 0 heterocycles. The van der Waals surface area contributed by atoms with Crippen molar-refractivity contribution in [2.75, 3.05) is 13.7 Å². The molecule has 1 aromatic rings. The summed E-state index contributed by atoms with van der Waals surface area (Å²) in [5.74, 6) is -0.365. The number of ether oxygens (including phenoxy) is 1. The maximum absolute atomic E-state index is 13.3. The number of rotatable bonds is 5. The third-order valence-corrected chi connectivity index (χ3v) is 2.54. The number of aliphatic hydroxyl groups excluding tert-OH is 1. The Morgan fingerprint density at radius 3 is 2.67 bits per heavy atom. The molecule has 0 fully saturated rings. The number of hydrogen-bond donors (Lipinski definition) is 1. The Hall–Kier alpha value is -0.930. The van der Waals surface area contributed by atoms with Crippen molar-refractivity contribution in [2.45, 2.75) is 19.4 Å². The van der Waals surface area contributed by atoms with Crippen LogP contribution in [-0.4, -0.2) is 18.8 Å². The summed E-state index contributed by atoms with van der Waals surface area (Å²) in [6.07, 6.45) is -0.0484. The molecule has 0 bridgehead atoms. The SMILES string of the molecule is COCCC(C)C(O)c1ccccc1F. The van der Waals surface area contributed by atoms with Gasteiger partial charge in [0.05, 0.1) is 6.10 Å². The highest BCUT2D eigenvalue weighted by Gasteiger charge is 2.18. The Balaban J connectivity index is 2.67. The fraction of sp³-hybridized carbons (Fsp3) is 0.500. The third kappa shape index (κ3) is 3.29. The van der Waals surface area contributed by atoms with Crippen molar-refractivity contribution in [1.29, 1.82) is 0 Å². The normalized spacial score (nSPS) is 14.9. The van der Waals surface area contributed by atoms with E-state index in [2.05, 4.69) is 0 Å². The fourth-order valence-electron chi connectivity index (χ4n) is 1.48. The third-order valence-electron chi connectivity index (χ3n) is 2.54. The highest BCUT2D eigenvalue weighted by atomic mass is 19.1. The van der Waals surface area contributed by atoms with Crippen LogP contribution in [0.15, 0.2) is 24.3 Å². The molecule has 2 atom stereocenters. The lowest BCUT2D eigenvalue weighted by Gasteiger charge is -2.19. The minimum absolute atomic E-state index is 0.0122. The first-order valence-electron chi connectivity index (χ1n) is 5.08. The summed E-state index contributed by atoms with van der Waals surface area (Å²) < 4.78 is 18.3. The van der Waals surface area contributed by atoms with Gasteiger partial charge in [-0.15, -0.1) is 0 Å². The van der Waals surface area contributed by atoms with E-state index in [1.165, 1.54) is 6.07 Å². The van der Waals surface area contributed by atoms with Gasteiger partial charge in [-0.2, -0.15) is 0 Å². The molecule has 0 aliphatic heterocycles. The Labute approximate surface area is 89.7 Å². The largest absolute Gasteiger partial charge is 0.388 e. The highest BCUT2D eigenvalue weighted by Crippen LogP contribution is 2.26. The summed E-state index contributed by atoms with van der Waals surface area (Å²) >= 11 is 0. The average Bonchev–Trinajstić information content (AvgIpc) is 2.25. The molecule has 0 amide bonds. The van der Waals surface area contributed by atoms with Crippen molar-refractivity contribution < 1.29 is 14.2 Å². The van der Waals surface area contributed by atoms with E-state index < -0.39 is 6.10 Å². The zero-order valence-electron chi connectivity index (χ0n) is 9.11. The summed E-state index contributed by atoms with van der Waals surface area (Å²) in [4.78, 5) is 0. The van der Waals surface area contributed by atoms with Gasteiger partial charge in [-0.3, -0.25) is 0 Å². The molecule has 2 unspecified atom stereocenters. The van der Waals surface area contributed by atoms with Crippen LogP contribution in [0.2, 0.25) is 0 Å². The average molecular weight is 212 g/mol. The van der Waals surface area contributed by atoms with Crippen LogP contribution in [0.4, 0.5) is 4.39 Å². The zero-order chi connectivity index (χ0) is 11.3. The zero-order valence-corrected chi connectivity index (χ0v) is 9.11. The molecule has 2 nitrogen and oxygen atoms in total. The molecule has 0 aromatic heterocycles. The van der Waals surface area contributed by atoms with E-state index in [4.69, 9.17) is 4.74 Å². The van der Waals surface area contributed by atoms with Crippen molar-refractivity contribution in [3.05, 3.63) is 35.6 Å². The lowest BCUT2D eigenvalue weighted by Crippen LogP contribution is -2.12. The molecule has 3 heteroatoms. The predicted molar refractivity (Wildman–Crippen MR) is 57.0 cm³/mol. The lowest BCUT2D eigenvalue weighted by molar-refractivity contribution is 0.0858. The van der Waals surface area contributed by atoms with Crippen LogP contribution in [0, 0.1) is 11.7 Å². The van der Waals surface area contributed by atoms with Gasteiger partial charge in [0.2, 0.25) is 0 Å². The summed E-state index contributed by atoms with van der Waals surface area (Å²) in [7, 11) is 1.61. The Morgan fingerprint density at radius 1 is 1.40 bits per heavy atom. The Kier molecular flexibility index (Phi) is 4.72. The van der Waals surface area contributed by atoms with E-state index in [0.29, 0.717) is 18.6 Å². The molecule has 1 rings (SSSR count). The lowest BCUT2D eigenvalue weighted by atomic mass is 9.94. The molecule has 0 radical (unpaired) electrons. The van der Waals surface area contributed by atoms with Crippen LogP contribution in [0.3, 0.4) is 0 Å². The van der Waals surface area contributed by atoms with E-state index in [1.807, 2.05) is 6.92 Å². The maximum Gasteiger partial charge on any atom is 0.129 e. The van der Waals surface area contributed by atoms with Crippen molar-refractivity contribution in [2.24, 2.45) is 5.92 Å². The summed E-state index contributed by atoms with van der Waals surface area (Å²) in [5, 5.41) is 9.90. The van der Waals surface area contributed by atoms with Gasteiger partial charge in [0.25, 0.3) is 0 Å². The van der Waals surface area contributed by atoms with Crippen LogP contribution in [0.1, 0.15) is 25.0 Å². The van der Waals surface area contributed by atoms with Crippen molar-refractivity contribution in [3.8, 4) is 0 Å². The molecule has 84 valence electrons. The monoisotopic (exact) mass is 212 g/mol. The van der Waals surface area contributed by atoms with Gasteiger partial charge in [0.1, 0.15) is 5.82 Å². The minimum atomic E-state index is -0.763. The Bertz CT molecular complexity index is 301. The standard InChI is InChI=1S/C12H17FO2/c1-9(7-8-15-2)12(14)10-5-3-4-6-11(10)13/h3-6,9,12,14H,7-8H2,1-2H3. The first-order chi connectivity index (χ1) is 7.16. The number of aliphatic hydroxyl groups is 1. The van der Waals surface area contributed by atoms with Crippen LogP contribution in [-0.2, 0) is 4.74 Å². The van der Waals surface area contributed by atoms with E-state index in [0.717, 1.165) is 0 Å². The number of methoxy groups -OCH3 is 1. The Morgan fingerprint density at radius 2 is 2.07 bits per heavy atom. The second-order valence-corrected chi connectivity index (χ2v) is 3.73. The van der Waals surface area contributed by atoms with Gasteiger partial charge in [0, 0.05) is 19.3 Å². The van der Waals surface area contributed by atoms with E-state index >= 15 is 0 Å². The molecule has 0 saturated heterocycles. The number of halogens is 1. The van der Waals surface area contributed by atoms with E-state index in [1.54, 1.807) is 25.3 Å². The first kappa shape index (κ1) is 12.1. The summed E-state index contributed by atoms with van der Waals surface area (Å²) in [6.45, 7) is 2.46. The molecular weight excluding hydrogens is 195 g/mol. The van der Waals surface area contributed by atoms with E-state index in [9.17, 15) is 9.50 Å². The van der Waals surface area contributed by atoms with Crippen LogP contribution in [0.25, 0.3) is 0 Å². The topological polar surface area (TPSA) is 29.5 Å². The van der Waals surface area contributed by atoms with Crippen LogP contribution in [0.5, 0.6) is 0 Å². The second-order valence-electron chi connectivity index (χ2n) is 3.73.